The average molecular weight is 300 g/mol. The van der Waals surface area contributed by atoms with Crippen molar-refractivity contribution in [3.05, 3.63) is 10.1 Å². The van der Waals surface area contributed by atoms with Gasteiger partial charge in [-0.1, -0.05) is 5.92 Å². The fraction of sp³-hybridized carbons (Fsp3) is 0.125. The van der Waals surface area contributed by atoms with E-state index in [9.17, 15) is 4.79 Å². The van der Waals surface area contributed by atoms with Gasteiger partial charge in [0.25, 0.3) is 5.09 Å². The van der Waals surface area contributed by atoms with Gasteiger partial charge in [0.15, 0.2) is 0 Å². The topological polar surface area (TPSA) is 110 Å². The smallest absolute Gasteiger partial charge is 0.449 e. The summed E-state index contributed by atoms with van der Waals surface area (Å²) in [7, 11) is 0. The van der Waals surface area contributed by atoms with Gasteiger partial charge < -0.3 is 15.1 Å². The predicted molar refractivity (Wildman–Crippen MR) is 46.9 cm³/mol. The van der Waals surface area contributed by atoms with Crippen LogP contribution in [0.5, 0.6) is 0 Å². The van der Waals surface area contributed by atoms with Crippen molar-refractivity contribution in [3.8, 4) is 35.7 Å². The molecule has 0 spiro atoms. The second kappa shape index (κ2) is 15.7. The molecule has 0 unspecified atom stereocenters. The largest absolute Gasteiger partial charge is 0.520 e. The molecule has 0 aromatic rings. The van der Waals surface area contributed by atoms with Gasteiger partial charge in [-0.15, -0.1) is 10.1 Å². The van der Waals surface area contributed by atoms with Crippen LogP contribution in [0.15, 0.2) is 0 Å². The molecular formula is C8H5NO6Y. The quantitative estimate of drug-likeness (QED) is 0.288. The Kier molecular flexibility index (Phi) is 19.4. The molecule has 0 saturated carbocycles. The van der Waals surface area contributed by atoms with E-state index < -0.39 is 11.2 Å². The van der Waals surface area contributed by atoms with Crippen molar-refractivity contribution in [3.63, 3.8) is 0 Å². The van der Waals surface area contributed by atoms with E-state index in [1.165, 1.54) is 0 Å². The first-order chi connectivity index (χ1) is 7.00. The van der Waals surface area contributed by atoms with E-state index in [0.717, 1.165) is 0 Å². The van der Waals surface area contributed by atoms with Crippen LogP contribution in [0, 0.1) is 45.8 Å². The zero-order valence-corrected chi connectivity index (χ0v) is 10.9. The summed E-state index contributed by atoms with van der Waals surface area (Å²) < 4.78 is 3.83. The molecule has 0 saturated heterocycles. The van der Waals surface area contributed by atoms with E-state index in [4.69, 9.17) is 20.4 Å². The Morgan fingerprint density at radius 3 is 2.12 bits per heavy atom. The third kappa shape index (κ3) is 39.7. The van der Waals surface area contributed by atoms with Gasteiger partial charge in [0.05, 0.1) is 0 Å². The van der Waals surface area contributed by atoms with Crippen LogP contribution in [-0.2, 0) is 37.4 Å². The van der Waals surface area contributed by atoms with Crippen LogP contribution < -0.4 is 0 Å². The summed E-state index contributed by atoms with van der Waals surface area (Å²) in [5, 5.41) is 21.6. The fourth-order valence-electron chi connectivity index (χ4n) is 0.220. The molecule has 0 aromatic heterocycles. The molecule has 16 heavy (non-hydrogen) atoms. The maximum absolute atomic E-state index is 9.69. The van der Waals surface area contributed by atoms with E-state index >= 15 is 0 Å². The molecule has 1 radical (unpaired) electrons. The summed E-state index contributed by atoms with van der Waals surface area (Å²) >= 11 is 0. The number of carbonyl (C=O) groups is 1. The van der Waals surface area contributed by atoms with Crippen molar-refractivity contribution in [2.24, 2.45) is 0 Å². The van der Waals surface area contributed by atoms with Crippen LogP contribution in [0.25, 0.3) is 0 Å². The van der Waals surface area contributed by atoms with Crippen LogP contribution in [0.3, 0.4) is 0 Å². The molecular weight excluding hydrogens is 295 g/mol. The van der Waals surface area contributed by atoms with E-state index in [1.54, 1.807) is 6.92 Å². The van der Waals surface area contributed by atoms with Gasteiger partial charge in [0, 0.05) is 44.6 Å². The van der Waals surface area contributed by atoms with E-state index in [0.29, 0.717) is 0 Å². The van der Waals surface area contributed by atoms with E-state index in [1.807, 2.05) is 6.11 Å². The molecule has 0 aromatic carbocycles. The third-order valence-electron chi connectivity index (χ3n) is 0.502. The number of carboxylic acid groups (broad SMARTS) is 1. The molecule has 0 aliphatic carbocycles. The van der Waals surface area contributed by atoms with Crippen LogP contribution >= 0.6 is 0 Å². The molecule has 7 nitrogen and oxygen atoms in total. The summed E-state index contributed by atoms with van der Waals surface area (Å²) in [6, 6.07) is 0. The van der Waals surface area contributed by atoms with Crippen LogP contribution in [0.1, 0.15) is 6.92 Å². The minimum Gasteiger partial charge on any atom is -0.449 e. The fourth-order valence-corrected chi connectivity index (χ4v) is 0.220. The molecule has 0 heterocycles. The Bertz CT molecular complexity index is 395. The first-order valence-electron chi connectivity index (χ1n) is 3.15. The van der Waals surface area contributed by atoms with Gasteiger partial charge in [-0.25, -0.2) is 4.79 Å². The molecule has 0 aliphatic rings. The predicted octanol–water partition coefficient (Wildman–Crippen LogP) is 0.318. The molecule has 0 atom stereocenters. The minimum atomic E-state index is -1.50. The first kappa shape index (κ1) is 19.8. The SMILES string of the molecule is CC#CC#CC#COC(=O)O.O=[N+]([O-])O.[Y]. The summed E-state index contributed by atoms with van der Waals surface area (Å²) in [4.78, 5) is 18.0. The van der Waals surface area contributed by atoms with Gasteiger partial charge in [0.1, 0.15) is 6.11 Å². The number of nitrogens with zero attached hydrogens (tertiary/aromatic N) is 1. The number of hydrogen-bond donors (Lipinski definition) is 2. The summed E-state index contributed by atoms with van der Waals surface area (Å²) in [6.07, 6.45) is 0.409. The Hall–Kier alpha value is -1.75. The van der Waals surface area contributed by atoms with Crippen molar-refractivity contribution in [1.82, 2.24) is 0 Å². The van der Waals surface area contributed by atoms with Gasteiger partial charge in [-0.05, 0) is 18.8 Å². The first-order valence-corrected chi connectivity index (χ1v) is 3.15. The van der Waals surface area contributed by atoms with Crippen molar-refractivity contribution in [2.45, 2.75) is 6.92 Å². The molecule has 0 amide bonds. The Morgan fingerprint density at radius 1 is 1.31 bits per heavy atom. The van der Waals surface area contributed by atoms with Gasteiger partial charge in [0.2, 0.25) is 0 Å². The van der Waals surface area contributed by atoms with Crippen molar-refractivity contribution < 1.29 is 57.6 Å². The Balaban J connectivity index is -0.000000292. The van der Waals surface area contributed by atoms with Gasteiger partial charge in [-0.2, -0.15) is 0 Å². The third-order valence-corrected chi connectivity index (χ3v) is 0.502. The standard InChI is InChI=1S/C8H4O3.HNO3.Y/c1-2-3-4-5-6-7-11-8(9)10;2-1(3)4;/h1H3,(H,9,10);(H,2,3,4);. The molecule has 0 aliphatic heterocycles. The van der Waals surface area contributed by atoms with E-state index in [2.05, 4.69) is 34.3 Å². The number of rotatable bonds is 0. The number of ether oxygens (including phenoxy) is 1. The number of hydrogen-bond acceptors (Lipinski definition) is 4. The monoisotopic (exact) mass is 300 g/mol. The van der Waals surface area contributed by atoms with Crippen LogP contribution in [0.2, 0.25) is 0 Å². The molecule has 2 N–H and O–H groups in total. The second-order valence-electron chi connectivity index (χ2n) is 1.46. The summed E-state index contributed by atoms with van der Waals surface area (Å²) in [6.45, 7) is 1.63. The second-order valence-corrected chi connectivity index (χ2v) is 1.46. The summed E-state index contributed by atoms with van der Waals surface area (Å²) in [5.74, 6) is 11.7. The maximum atomic E-state index is 9.69. The van der Waals surface area contributed by atoms with E-state index in [-0.39, 0.29) is 32.7 Å². The van der Waals surface area contributed by atoms with Gasteiger partial charge >= 0.3 is 6.16 Å². The average Bonchev–Trinajstić information content (AvgIpc) is 2.09. The molecule has 8 heteroatoms. The maximum Gasteiger partial charge on any atom is 0.520 e. The Morgan fingerprint density at radius 2 is 1.75 bits per heavy atom. The molecule has 0 bridgehead atoms. The normalized spacial score (nSPS) is 5.06. The van der Waals surface area contributed by atoms with Crippen molar-refractivity contribution >= 4 is 6.16 Å². The summed E-state index contributed by atoms with van der Waals surface area (Å²) in [5.41, 5.74) is 0. The zero-order chi connectivity index (χ0) is 12.1. The van der Waals surface area contributed by atoms with Crippen LogP contribution in [0.4, 0.5) is 4.79 Å². The van der Waals surface area contributed by atoms with Gasteiger partial charge in [-0.3, -0.25) is 0 Å². The molecule has 0 rings (SSSR count). The Labute approximate surface area is 116 Å². The van der Waals surface area contributed by atoms with Crippen LogP contribution in [-0.4, -0.2) is 21.6 Å². The van der Waals surface area contributed by atoms with Crippen molar-refractivity contribution in [1.29, 1.82) is 0 Å². The minimum absolute atomic E-state index is 0. The van der Waals surface area contributed by atoms with Crippen molar-refractivity contribution in [2.75, 3.05) is 0 Å². The molecule has 81 valence electrons. The molecule has 0 fully saturated rings. The zero-order valence-electron chi connectivity index (χ0n) is 8.05.